The third kappa shape index (κ3) is 2.40. The lowest BCUT2D eigenvalue weighted by molar-refractivity contribution is -0.117. The van der Waals surface area contributed by atoms with Crippen LogP contribution in [0, 0.1) is 0 Å². The minimum absolute atomic E-state index is 0.251. The molecule has 0 aliphatic carbocycles. The topological polar surface area (TPSA) is 44.4 Å². The van der Waals surface area contributed by atoms with Gasteiger partial charge in [-0.25, -0.2) is 0 Å². The second kappa shape index (κ2) is 5.08. The zero-order valence-corrected chi connectivity index (χ0v) is 10.5. The lowest BCUT2D eigenvalue weighted by Crippen LogP contribution is -2.54. The molecule has 3 rings (SSSR count). The van der Waals surface area contributed by atoms with E-state index in [2.05, 4.69) is 34.9 Å². The number of nitrogens with zero attached hydrogens (tertiary/aromatic N) is 1. The van der Waals surface area contributed by atoms with Gasteiger partial charge in [-0.2, -0.15) is 0 Å². The molecule has 2 N–H and O–H groups in total. The SMILES string of the molecule is O=C1CCCN1c1ccc(CNC2CNC2)cc1. The third-order valence-electron chi connectivity index (χ3n) is 3.70. The Morgan fingerprint density at radius 3 is 2.61 bits per heavy atom. The van der Waals surface area contributed by atoms with Crippen molar-refractivity contribution in [2.45, 2.75) is 25.4 Å². The van der Waals surface area contributed by atoms with Gasteiger partial charge in [0.15, 0.2) is 0 Å². The number of rotatable bonds is 4. The second-order valence-corrected chi connectivity index (χ2v) is 5.05. The molecule has 1 amide bonds. The average molecular weight is 245 g/mol. The van der Waals surface area contributed by atoms with Gasteiger partial charge < -0.3 is 15.5 Å². The number of anilines is 1. The van der Waals surface area contributed by atoms with Crippen LogP contribution < -0.4 is 15.5 Å². The van der Waals surface area contributed by atoms with Gasteiger partial charge in [-0.15, -0.1) is 0 Å². The highest BCUT2D eigenvalue weighted by Crippen LogP contribution is 2.21. The maximum atomic E-state index is 11.6. The average Bonchev–Trinajstić information content (AvgIpc) is 2.74. The van der Waals surface area contributed by atoms with Crippen molar-refractivity contribution in [3.63, 3.8) is 0 Å². The Balaban J connectivity index is 1.59. The van der Waals surface area contributed by atoms with Crippen molar-refractivity contribution < 1.29 is 4.79 Å². The van der Waals surface area contributed by atoms with Crippen LogP contribution in [0.2, 0.25) is 0 Å². The summed E-state index contributed by atoms with van der Waals surface area (Å²) >= 11 is 0. The largest absolute Gasteiger partial charge is 0.314 e. The number of benzene rings is 1. The molecule has 0 spiro atoms. The molecule has 1 aromatic rings. The van der Waals surface area contributed by atoms with Crippen molar-refractivity contribution in [3.05, 3.63) is 29.8 Å². The summed E-state index contributed by atoms with van der Waals surface area (Å²) in [4.78, 5) is 13.5. The Kier molecular flexibility index (Phi) is 3.30. The lowest BCUT2D eigenvalue weighted by Gasteiger charge is -2.28. The zero-order valence-electron chi connectivity index (χ0n) is 10.5. The number of hydrogen-bond acceptors (Lipinski definition) is 3. The Bertz CT molecular complexity index is 425. The fourth-order valence-electron chi connectivity index (χ4n) is 2.41. The van der Waals surface area contributed by atoms with Crippen LogP contribution in [0.4, 0.5) is 5.69 Å². The van der Waals surface area contributed by atoms with E-state index in [-0.39, 0.29) is 5.91 Å². The van der Waals surface area contributed by atoms with Gasteiger partial charge >= 0.3 is 0 Å². The normalized spacial score (nSPS) is 20.2. The molecule has 96 valence electrons. The van der Waals surface area contributed by atoms with Crippen molar-refractivity contribution in [2.75, 3.05) is 24.5 Å². The van der Waals surface area contributed by atoms with Crippen LogP contribution in [-0.2, 0) is 11.3 Å². The predicted molar refractivity (Wildman–Crippen MR) is 71.5 cm³/mol. The number of amides is 1. The van der Waals surface area contributed by atoms with E-state index in [0.29, 0.717) is 12.5 Å². The fourth-order valence-corrected chi connectivity index (χ4v) is 2.41. The van der Waals surface area contributed by atoms with Gasteiger partial charge in [-0.1, -0.05) is 12.1 Å². The van der Waals surface area contributed by atoms with E-state index in [1.807, 2.05) is 4.90 Å². The maximum absolute atomic E-state index is 11.6. The molecule has 0 unspecified atom stereocenters. The van der Waals surface area contributed by atoms with E-state index in [9.17, 15) is 4.79 Å². The molecule has 0 atom stereocenters. The first-order valence-corrected chi connectivity index (χ1v) is 6.66. The van der Waals surface area contributed by atoms with Gasteiger partial charge in [0.2, 0.25) is 5.91 Å². The fraction of sp³-hybridized carbons (Fsp3) is 0.500. The van der Waals surface area contributed by atoms with Crippen molar-refractivity contribution in [3.8, 4) is 0 Å². The van der Waals surface area contributed by atoms with E-state index < -0.39 is 0 Å². The van der Waals surface area contributed by atoms with Crippen LogP contribution >= 0.6 is 0 Å². The van der Waals surface area contributed by atoms with Gasteiger partial charge in [0.05, 0.1) is 0 Å². The highest BCUT2D eigenvalue weighted by Gasteiger charge is 2.21. The molecule has 1 aromatic carbocycles. The first kappa shape index (κ1) is 11.7. The zero-order chi connectivity index (χ0) is 12.4. The van der Waals surface area contributed by atoms with E-state index in [1.165, 1.54) is 5.56 Å². The molecule has 2 fully saturated rings. The van der Waals surface area contributed by atoms with Gasteiger partial charge in [0.1, 0.15) is 0 Å². The Morgan fingerprint density at radius 2 is 2.06 bits per heavy atom. The minimum Gasteiger partial charge on any atom is -0.314 e. The summed E-state index contributed by atoms with van der Waals surface area (Å²) in [5, 5.41) is 6.73. The summed E-state index contributed by atoms with van der Waals surface area (Å²) in [6.07, 6.45) is 1.68. The summed E-state index contributed by atoms with van der Waals surface area (Å²) in [6, 6.07) is 8.95. The molecule has 4 heteroatoms. The molecule has 0 radical (unpaired) electrons. The van der Waals surface area contributed by atoms with Gasteiger partial charge in [-0.3, -0.25) is 4.79 Å². The molecule has 18 heavy (non-hydrogen) atoms. The number of hydrogen-bond donors (Lipinski definition) is 2. The van der Waals surface area contributed by atoms with Crippen LogP contribution in [0.1, 0.15) is 18.4 Å². The van der Waals surface area contributed by atoms with Gasteiger partial charge in [-0.05, 0) is 24.1 Å². The van der Waals surface area contributed by atoms with Crippen molar-refractivity contribution in [2.24, 2.45) is 0 Å². The molecule has 0 bridgehead atoms. The predicted octanol–water partition coefficient (Wildman–Crippen LogP) is 0.875. The first-order chi connectivity index (χ1) is 8.83. The van der Waals surface area contributed by atoms with Crippen LogP contribution in [-0.4, -0.2) is 31.6 Å². The first-order valence-electron chi connectivity index (χ1n) is 6.66. The molecular formula is C14H19N3O. The van der Waals surface area contributed by atoms with Crippen LogP contribution in [0.3, 0.4) is 0 Å². The second-order valence-electron chi connectivity index (χ2n) is 5.05. The van der Waals surface area contributed by atoms with Crippen LogP contribution in [0.25, 0.3) is 0 Å². The summed E-state index contributed by atoms with van der Waals surface area (Å²) in [6.45, 7) is 3.91. The van der Waals surface area contributed by atoms with E-state index >= 15 is 0 Å². The number of carbonyl (C=O) groups excluding carboxylic acids is 1. The van der Waals surface area contributed by atoms with E-state index in [4.69, 9.17) is 0 Å². The third-order valence-corrected chi connectivity index (χ3v) is 3.70. The monoisotopic (exact) mass is 245 g/mol. The van der Waals surface area contributed by atoms with Crippen molar-refractivity contribution >= 4 is 11.6 Å². The van der Waals surface area contributed by atoms with Gasteiger partial charge in [0, 0.05) is 44.3 Å². The standard InChI is InChI=1S/C14H19N3O/c18-14-2-1-7-17(14)13-5-3-11(4-6-13)8-16-12-9-15-10-12/h3-6,12,15-16H,1-2,7-10H2. The lowest BCUT2D eigenvalue weighted by atomic mass is 10.1. The molecule has 4 nitrogen and oxygen atoms in total. The van der Waals surface area contributed by atoms with Gasteiger partial charge in [0.25, 0.3) is 0 Å². The number of nitrogens with one attached hydrogen (secondary N) is 2. The summed E-state index contributed by atoms with van der Waals surface area (Å²) in [7, 11) is 0. The van der Waals surface area contributed by atoms with Crippen molar-refractivity contribution in [1.29, 1.82) is 0 Å². The molecule has 2 aliphatic heterocycles. The van der Waals surface area contributed by atoms with Crippen LogP contribution in [0.15, 0.2) is 24.3 Å². The Hall–Kier alpha value is -1.39. The van der Waals surface area contributed by atoms with E-state index in [0.717, 1.165) is 38.3 Å². The Labute approximate surface area is 107 Å². The smallest absolute Gasteiger partial charge is 0.227 e. The molecule has 2 saturated heterocycles. The molecule has 0 aromatic heterocycles. The molecule has 2 aliphatic rings. The summed E-state index contributed by atoms with van der Waals surface area (Å²) < 4.78 is 0. The Morgan fingerprint density at radius 1 is 1.28 bits per heavy atom. The minimum atomic E-state index is 0.251. The highest BCUT2D eigenvalue weighted by molar-refractivity contribution is 5.95. The highest BCUT2D eigenvalue weighted by atomic mass is 16.2. The molecular weight excluding hydrogens is 226 g/mol. The summed E-state index contributed by atoms with van der Waals surface area (Å²) in [5.74, 6) is 0.251. The maximum Gasteiger partial charge on any atom is 0.227 e. The van der Waals surface area contributed by atoms with Crippen LogP contribution in [0.5, 0.6) is 0 Å². The van der Waals surface area contributed by atoms with E-state index in [1.54, 1.807) is 0 Å². The van der Waals surface area contributed by atoms with Crippen molar-refractivity contribution in [1.82, 2.24) is 10.6 Å². The molecule has 2 heterocycles. The quantitative estimate of drug-likeness (QED) is 0.827. The molecule has 0 saturated carbocycles. The number of carbonyl (C=O) groups is 1. The summed E-state index contributed by atoms with van der Waals surface area (Å²) in [5.41, 5.74) is 2.31.